The lowest BCUT2D eigenvalue weighted by molar-refractivity contribution is -0.145. The highest BCUT2D eigenvalue weighted by molar-refractivity contribution is 5.93. The predicted molar refractivity (Wildman–Crippen MR) is 119 cm³/mol. The molecule has 2 aromatic carbocycles. The predicted octanol–water partition coefficient (Wildman–Crippen LogP) is 2.23. The van der Waals surface area contributed by atoms with E-state index in [1.54, 1.807) is 0 Å². The van der Waals surface area contributed by atoms with E-state index in [0.717, 1.165) is 22.3 Å². The minimum absolute atomic E-state index is 0.0316. The molecule has 1 unspecified atom stereocenters. The molecule has 2 aromatic rings. The number of nitrogens with one attached hydrogen (secondary N) is 1. The van der Waals surface area contributed by atoms with E-state index in [0.29, 0.717) is 6.54 Å². The third-order valence-electron chi connectivity index (χ3n) is 5.69. The Morgan fingerprint density at radius 2 is 1.76 bits per heavy atom. The number of benzene rings is 2. The first kappa shape index (κ1) is 22.4. The molecule has 170 valence electrons. The maximum atomic E-state index is 12.2. The molecule has 8 nitrogen and oxygen atoms in total. The quantitative estimate of drug-likeness (QED) is 0.680. The van der Waals surface area contributed by atoms with Crippen molar-refractivity contribution in [3.05, 3.63) is 59.7 Å². The van der Waals surface area contributed by atoms with Gasteiger partial charge in [0.1, 0.15) is 6.61 Å². The minimum Gasteiger partial charge on any atom is -0.481 e. The summed E-state index contributed by atoms with van der Waals surface area (Å²) in [6, 6.07) is 16.2. The van der Waals surface area contributed by atoms with Crippen LogP contribution in [0.15, 0.2) is 48.5 Å². The molecule has 1 fully saturated rings. The number of rotatable bonds is 5. The van der Waals surface area contributed by atoms with Gasteiger partial charge in [0.25, 0.3) is 5.91 Å². The molecule has 2 amide bonds. The molecule has 1 aliphatic heterocycles. The number of ether oxygens (including phenoxy) is 2. The second kappa shape index (κ2) is 10.2. The number of fused-ring (bicyclic) bond motifs is 3. The maximum Gasteiger partial charge on any atom is 0.407 e. The molecular formula is C25H24N2O6. The van der Waals surface area contributed by atoms with E-state index in [2.05, 4.69) is 29.3 Å². The van der Waals surface area contributed by atoms with Crippen molar-refractivity contribution in [2.24, 2.45) is 0 Å². The highest BCUT2D eigenvalue weighted by Crippen LogP contribution is 2.44. The van der Waals surface area contributed by atoms with Gasteiger partial charge in [-0.2, -0.15) is 0 Å². The molecule has 2 aliphatic rings. The molecule has 4 rings (SSSR count). The third-order valence-corrected chi connectivity index (χ3v) is 5.69. The fourth-order valence-electron chi connectivity index (χ4n) is 4.19. The molecule has 8 heteroatoms. The van der Waals surface area contributed by atoms with Gasteiger partial charge in [-0.05, 0) is 28.2 Å². The zero-order valence-electron chi connectivity index (χ0n) is 18.0. The monoisotopic (exact) mass is 448 g/mol. The van der Waals surface area contributed by atoms with Gasteiger partial charge in [0.2, 0.25) is 0 Å². The number of carboxylic acid groups (broad SMARTS) is 1. The van der Waals surface area contributed by atoms with E-state index in [-0.39, 0.29) is 38.6 Å². The average Bonchev–Trinajstić information content (AvgIpc) is 3.14. The number of hydrogen-bond acceptors (Lipinski definition) is 5. The normalized spacial score (nSPS) is 16.7. The number of amides is 2. The van der Waals surface area contributed by atoms with E-state index in [1.165, 1.54) is 4.90 Å². The van der Waals surface area contributed by atoms with E-state index in [1.807, 2.05) is 36.4 Å². The van der Waals surface area contributed by atoms with E-state index in [9.17, 15) is 14.4 Å². The molecule has 0 spiro atoms. The summed E-state index contributed by atoms with van der Waals surface area (Å²) < 4.78 is 10.8. The van der Waals surface area contributed by atoms with Crippen molar-refractivity contribution >= 4 is 18.0 Å². The highest BCUT2D eigenvalue weighted by atomic mass is 16.5. The van der Waals surface area contributed by atoms with Crippen molar-refractivity contribution in [3.8, 4) is 23.0 Å². The van der Waals surface area contributed by atoms with Crippen molar-refractivity contribution in [3.63, 3.8) is 0 Å². The fourth-order valence-corrected chi connectivity index (χ4v) is 4.19. The lowest BCUT2D eigenvalue weighted by Gasteiger charge is -2.30. The number of carbonyl (C=O) groups is 3. The average molecular weight is 448 g/mol. The van der Waals surface area contributed by atoms with Crippen molar-refractivity contribution < 1.29 is 29.0 Å². The molecular weight excluding hydrogens is 424 g/mol. The Hall–Kier alpha value is -3.83. The van der Waals surface area contributed by atoms with Crippen LogP contribution in [0.4, 0.5) is 4.79 Å². The number of carboxylic acids is 1. The molecule has 1 atom stereocenters. The van der Waals surface area contributed by atoms with Crippen LogP contribution in [0.1, 0.15) is 23.5 Å². The van der Waals surface area contributed by atoms with Crippen LogP contribution in [0.25, 0.3) is 11.1 Å². The van der Waals surface area contributed by atoms with E-state index in [4.69, 9.17) is 14.6 Å². The van der Waals surface area contributed by atoms with Gasteiger partial charge in [0, 0.05) is 19.0 Å². The first-order chi connectivity index (χ1) is 16.0. The number of morpholine rings is 1. The number of aliphatic carboxylic acids is 1. The SMILES string of the molecule is O=C(O)CC1CN(C(=O)C#CCNC(=O)OCC2c3ccccc3-c3ccccc32)CCO1. The standard InChI is InChI=1S/C25H24N2O6/c28-23(27-12-13-32-17(15-27)14-24(29)30)10-5-11-26-25(31)33-16-22-20-8-3-1-6-18(20)19-7-2-4-9-21(19)22/h1-4,6-9,17,22H,11-16H2,(H,26,31)(H,29,30). The molecule has 0 radical (unpaired) electrons. The number of alkyl carbamates (subject to hydrolysis) is 1. The summed E-state index contributed by atoms with van der Waals surface area (Å²) in [6.07, 6.45) is -1.31. The summed E-state index contributed by atoms with van der Waals surface area (Å²) in [7, 11) is 0. The Balaban J connectivity index is 1.25. The second-order valence-electron chi connectivity index (χ2n) is 7.82. The van der Waals surface area contributed by atoms with Gasteiger partial charge in [-0.25, -0.2) is 4.79 Å². The first-order valence-corrected chi connectivity index (χ1v) is 10.7. The number of hydrogen-bond donors (Lipinski definition) is 2. The lowest BCUT2D eigenvalue weighted by Crippen LogP contribution is -2.45. The van der Waals surface area contributed by atoms with Gasteiger partial charge in [-0.1, -0.05) is 54.5 Å². The van der Waals surface area contributed by atoms with Gasteiger partial charge in [-0.15, -0.1) is 0 Å². The van der Waals surface area contributed by atoms with Crippen LogP contribution in [0.2, 0.25) is 0 Å². The second-order valence-corrected chi connectivity index (χ2v) is 7.82. The van der Waals surface area contributed by atoms with Crippen LogP contribution in [0.5, 0.6) is 0 Å². The van der Waals surface area contributed by atoms with Crippen molar-refractivity contribution in [2.45, 2.75) is 18.4 Å². The molecule has 0 aromatic heterocycles. The van der Waals surface area contributed by atoms with Crippen molar-refractivity contribution in [1.82, 2.24) is 10.2 Å². The van der Waals surface area contributed by atoms with E-state index < -0.39 is 24.1 Å². The van der Waals surface area contributed by atoms with Gasteiger partial charge >= 0.3 is 12.1 Å². The molecule has 33 heavy (non-hydrogen) atoms. The number of nitrogens with zero attached hydrogens (tertiary/aromatic N) is 1. The Morgan fingerprint density at radius 1 is 1.09 bits per heavy atom. The summed E-state index contributed by atoms with van der Waals surface area (Å²) in [5.74, 6) is 3.65. The smallest absolute Gasteiger partial charge is 0.407 e. The van der Waals surface area contributed by atoms with Crippen LogP contribution in [-0.2, 0) is 19.1 Å². The van der Waals surface area contributed by atoms with E-state index >= 15 is 0 Å². The lowest BCUT2D eigenvalue weighted by atomic mass is 9.98. The molecule has 1 heterocycles. The fraction of sp³-hybridized carbons (Fsp3) is 0.320. The zero-order valence-corrected chi connectivity index (χ0v) is 18.0. The summed E-state index contributed by atoms with van der Waals surface area (Å²) in [5.41, 5.74) is 4.56. The third kappa shape index (κ3) is 5.33. The van der Waals surface area contributed by atoms with Crippen LogP contribution in [0, 0.1) is 11.8 Å². The molecule has 1 saturated heterocycles. The largest absolute Gasteiger partial charge is 0.481 e. The molecule has 0 bridgehead atoms. The first-order valence-electron chi connectivity index (χ1n) is 10.7. The Morgan fingerprint density at radius 3 is 2.42 bits per heavy atom. The highest BCUT2D eigenvalue weighted by Gasteiger charge is 2.29. The topological polar surface area (TPSA) is 105 Å². The Bertz CT molecular complexity index is 1070. The molecule has 0 saturated carbocycles. The van der Waals surface area contributed by atoms with Crippen LogP contribution in [-0.4, -0.2) is 66.9 Å². The Labute approximate surface area is 191 Å². The maximum absolute atomic E-state index is 12.2. The van der Waals surface area contributed by atoms with Gasteiger partial charge < -0.3 is 24.8 Å². The van der Waals surface area contributed by atoms with Gasteiger partial charge in [0.15, 0.2) is 0 Å². The van der Waals surface area contributed by atoms with Crippen molar-refractivity contribution in [2.75, 3.05) is 32.8 Å². The summed E-state index contributed by atoms with van der Waals surface area (Å²) in [4.78, 5) is 36.6. The summed E-state index contributed by atoms with van der Waals surface area (Å²) >= 11 is 0. The summed E-state index contributed by atoms with van der Waals surface area (Å²) in [5, 5.41) is 11.4. The van der Waals surface area contributed by atoms with Crippen LogP contribution >= 0.6 is 0 Å². The van der Waals surface area contributed by atoms with Crippen molar-refractivity contribution in [1.29, 1.82) is 0 Å². The summed E-state index contributed by atoms with van der Waals surface area (Å²) in [6.45, 7) is 0.961. The molecule has 1 aliphatic carbocycles. The molecule has 2 N–H and O–H groups in total. The van der Waals surface area contributed by atoms with Gasteiger partial charge in [0.05, 0.1) is 25.7 Å². The zero-order chi connectivity index (χ0) is 23.2. The Kier molecular flexibility index (Phi) is 6.91. The van der Waals surface area contributed by atoms with Crippen LogP contribution in [0.3, 0.4) is 0 Å². The van der Waals surface area contributed by atoms with Gasteiger partial charge in [-0.3, -0.25) is 9.59 Å². The van der Waals surface area contributed by atoms with Crippen LogP contribution < -0.4 is 5.32 Å². The number of carbonyl (C=O) groups excluding carboxylic acids is 2. The minimum atomic E-state index is -0.979.